The van der Waals surface area contributed by atoms with Crippen LogP contribution in [0.4, 0.5) is 5.82 Å². The van der Waals surface area contributed by atoms with Gasteiger partial charge in [0.05, 0.1) is 24.0 Å². The van der Waals surface area contributed by atoms with Gasteiger partial charge in [-0.05, 0) is 76.9 Å². The first-order chi connectivity index (χ1) is 15.1. The minimum atomic E-state index is -0.0854. The van der Waals surface area contributed by atoms with Crippen LogP contribution >= 0.6 is 22.6 Å². The average molecular weight is 527 g/mol. The molecule has 6 heteroatoms. The number of amides is 1. The molecule has 2 N–H and O–H groups in total. The van der Waals surface area contributed by atoms with Crippen molar-refractivity contribution in [3.63, 3.8) is 0 Å². The molecular formula is C25H26IN3O2. The minimum Gasteiger partial charge on any atom is -0.508 e. The SMILES string of the molecule is O=C(Cc1ccc(I)cc1)Nc1ncc(-c2ccc(O)cc2)nc1CC1CCCCC1. The number of carbonyl (C=O) groups excluding carboxylic acids is 1. The first kappa shape index (κ1) is 21.7. The predicted molar refractivity (Wildman–Crippen MR) is 131 cm³/mol. The normalized spacial score (nSPS) is 14.4. The van der Waals surface area contributed by atoms with Crippen LogP contribution in [0.5, 0.6) is 5.75 Å². The number of hydrogen-bond acceptors (Lipinski definition) is 4. The maximum Gasteiger partial charge on any atom is 0.229 e. The first-order valence-corrected chi connectivity index (χ1v) is 11.8. The van der Waals surface area contributed by atoms with Crippen LogP contribution in [-0.4, -0.2) is 21.0 Å². The molecule has 3 aromatic rings. The molecule has 0 saturated heterocycles. The highest BCUT2D eigenvalue weighted by Gasteiger charge is 2.19. The van der Waals surface area contributed by atoms with Gasteiger partial charge in [-0.3, -0.25) is 4.79 Å². The van der Waals surface area contributed by atoms with Crippen LogP contribution in [0.2, 0.25) is 0 Å². The lowest BCUT2D eigenvalue weighted by Gasteiger charge is -2.22. The Hall–Kier alpha value is -2.48. The van der Waals surface area contributed by atoms with Crippen molar-refractivity contribution in [2.45, 2.75) is 44.9 Å². The second-order valence-electron chi connectivity index (χ2n) is 8.16. The predicted octanol–water partition coefficient (Wildman–Crippen LogP) is 5.76. The minimum absolute atomic E-state index is 0.0854. The molecule has 0 spiro atoms. The van der Waals surface area contributed by atoms with Crippen molar-refractivity contribution < 1.29 is 9.90 Å². The number of phenolic OH excluding ortho intramolecular Hbond substituents is 1. The summed E-state index contributed by atoms with van der Waals surface area (Å²) in [6.07, 6.45) is 9.02. The van der Waals surface area contributed by atoms with Gasteiger partial charge >= 0.3 is 0 Å². The summed E-state index contributed by atoms with van der Waals surface area (Å²) in [6, 6.07) is 14.9. The number of nitrogens with one attached hydrogen (secondary N) is 1. The Bertz CT molecular complexity index is 1030. The van der Waals surface area contributed by atoms with E-state index in [4.69, 9.17) is 4.98 Å². The number of anilines is 1. The van der Waals surface area contributed by atoms with Crippen LogP contribution < -0.4 is 5.32 Å². The quantitative estimate of drug-likeness (QED) is 0.400. The fraction of sp³-hybridized carbons (Fsp3) is 0.320. The van der Waals surface area contributed by atoms with E-state index in [0.717, 1.165) is 32.5 Å². The van der Waals surface area contributed by atoms with Gasteiger partial charge in [0.2, 0.25) is 5.91 Å². The standard InChI is InChI=1S/C25H26IN3O2/c26-20-10-6-18(7-11-20)15-24(31)29-25-22(14-17-4-2-1-3-5-17)28-23(16-27-25)19-8-12-21(30)13-9-19/h6-13,16-17,30H,1-5,14-15H2,(H,27,29,31). The summed E-state index contributed by atoms with van der Waals surface area (Å²) < 4.78 is 1.15. The van der Waals surface area contributed by atoms with Gasteiger partial charge in [0.25, 0.3) is 0 Å². The largest absolute Gasteiger partial charge is 0.508 e. The zero-order valence-corrected chi connectivity index (χ0v) is 19.5. The fourth-order valence-corrected chi connectivity index (χ4v) is 4.43. The summed E-state index contributed by atoms with van der Waals surface area (Å²) in [7, 11) is 0. The number of rotatable bonds is 6. The van der Waals surface area contributed by atoms with E-state index < -0.39 is 0 Å². The maximum absolute atomic E-state index is 12.7. The lowest BCUT2D eigenvalue weighted by Crippen LogP contribution is -2.19. The van der Waals surface area contributed by atoms with Crippen molar-refractivity contribution in [3.05, 3.63) is 69.6 Å². The summed E-state index contributed by atoms with van der Waals surface area (Å²) in [6.45, 7) is 0. The molecule has 0 radical (unpaired) electrons. The Kier molecular flexibility index (Phi) is 7.17. The van der Waals surface area contributed by atoms with E-state index in [0.29, 0.717) is 18.2 Å². The molecular weight excluding hydrogens is 501 g/mol. The van der Waals surface area contributed by atoms with Gasteiger partial charge in [-0.2, -0.15) is 0 Å². The highest BCUT2D eigenvalue weighted by molar-refractivity contribution is 14.1. The zero-order chi connectivity index (χ0) is 21.6. The third-order valence-electron chi connectivity index (χ3n) is 5.75. The van der Waals surface area contributed by atoms with Crippen LogP contribution in [0.3, 0.4) is 0 Å². The third kappa shape index (κ3) is 6.03. The van der Waals surface area contributed by atoms with Gasteiger partial charge in [-0.15, -0.1) is 0 Å². The van der Waals surface area contributed by atoms with Crippen LogP contribution in [-0.2, 0) is 17.6 Å². The van der Waals surface area contributed by atoms with Gasteiger partial charge in [0.15, 0.2) is 5.82 Å². The number of nitrogens with zero attached hydrogens (tertiary/aromatic N) is 2. The van der Waals surface area contributed by atoms with Crippen molar-refractivity contribution in [1.82, 2.24) is 9.97 Å². The Morgan fingerprint density at radius 3 is 2.45 bits per heavy atom. The molecule has 0 atom stereocenters. The summed E-state index contributed by atoms with van der Waals surface area (Å²) in [5.74, 6) is 1.27. The summed E-state index contributed by atoms with van der Waals surface area (Å²) in [4.78, 5) is 22.2. The molecule has 4 rings (SSSR count). The van der Waals surface area contributed by atoms with Gasteiger partial charge in [-0.1, -0.05) is 44.2 Å². The molecule has 1 heterocycles. The molecule has 1 amide bonds. The molecule has 31 heavy (non-hydrogen) atoms. The number of phenols is 1. The number of aromatic hydroxyl groups is 1. The van der Waals surface area contributed by atoms with Crippen molar-refractivity contribution in [2.75, 3.05) is 5.32 Å². The van der Waals surface area contributed by atoms with Crippen molar-refractivity contribution in [2.24, 2.45) is 5.92 Å². The molecule has 0 bridgehead atoms. The monoisotopic (exact) mass is 527 g/mol. The number of benzene rings is 2. The lowest BCUT2D eigenvalue weighted by atomic mass is 9.86. The number of aromatic nitrogens is 2. The second kappa shape index (κ2) is 10.2. The highest BCUT2D eigenvalue weighted by atomic mass is 127. The summed E-state index contributed by atoms with van der Waals surface area (Å²) in [5.41, 5.74) is 3.46. The second-order valence-corrected chi connectivity index (χ2v) is 9.40. The topological polar surface area (TPSA) is 75.1 Å². The Labute approximate surface area is 196 Å². The molecule has 1 aromatic heterocycles. The first-order valence-electron chi connectivity index (χ1n) is 10.8. The van der Waals surface area contributed by atoms with Crippen molar-refractivity contribution in [1.29, 1.82) is 0 Å². The van der Waals surface area contributed by atoms with E-state index in [1.54, 1.807) is 18.3 Å². The molecule has 0 aliphatic heterocycles. The number of halogens is 1. The molecule has 160 valence electrons. The van der Waals surface area contributed by atoms with E-state index >= 15 is 0 Å². The molecule has 2 aromatic carbocycles. The van der Waals surface area contributed by atoms with E-state index in [2.05, 4.69) is 32.9 Å². The zero-order valence-electron chi connectivity index (χ0n) is 17.4. The van der Waals surface area contributed by atoms with Gasteiger partial charge < -0.3 is 10.4 Å². The van der Waals surface area contributed by atoms with E-state index in [1.165, 1.54) is 32.1 Å². The van der Waals surface area contributed by atoms with Gasteiger partial charge in [-0.25, -0.2) is 9.97 Å². The highest BCUT2D eigenvalue weighted by Crippen LogP contribution is 2.29. The number of carbonyl (C=O) groups is 1. The Morgan fingerprint density at radius 1 is 1.03 bits per heavy atom. The summed E-state index contributed by atoms with van der Waals surface area (Å²) >= 11 is 2.26. The molecule has 5 nitrogen and oxygen atoms in total. The smallest absolute Gasteiger partial charge is 0.229 e. The van der Waals surface area contributed by atoms with Crippen molar-refractivity contribution >= 4 is 34.3 Å². The molecule has 1 aliphatic carbocycles. The van der Waals surface area contributed by atoms with Crippen LogP contribution in [0.1, 0.15) is 43.4 Å². The lowest BCUT2D eigenvalue weighted by molar-refractivity contribution is -0.115. The third-order valence-corrected chi connectivity index (χ3v) is 6.47. The van der Waals surface area contributed by atoms with E-state index in [-0.39, 0.29) is 11.7 Å². The van der Waals surface area contributed by atoms with E-state index in [9.17, 15) is 9.90 Å². The number of hydrogen-bond donors (Lipinski definition) is 2. The van der Waals surface area contributed by atoms with Crippen molar-refractivity contribution in [3.8, 4) is 17.0 Å². The average Bonchev–Trinajstić information content (AvgIpc) is 2.78. The molecule has 0 unspecified atom stereocenters. The van der Waals surface area contributed by atoms with Gasteiger partial charge in [0, 0.05) is 9.13 Å². The summed E-state index contributed by atoms with van der Waals surface area (Å²) in [5, 5.41) is 12.6. The molecule has 1 aliphatic rings. The fourth-order valence-electron chi connectivity index (χ4n) is 4.07. The van der Waals surface area contributed by atoms with E-state index in [1.807, 2.05) is 36.4 Å². The van der Waals surface area contributed by atoms with Crippen LogP contribution in [0.15, 0.2) is 54.7 Å². The van der Waals surface area contributed by atoms with Crippen LogP contribution in [0.25, 0.3) is 11.3 Å². The van der Waals surface area contributed by atoms with Crippen LogP contribution in [0, 0.1) is 9.49 Å². The Balaban J connectivity index is 1.56. The molecule has 1 fully saturated rings. The maximum atomic E-state index is 12.7. The van der Waals surface area contributed by atoms with Gasteiger partial charge in [0.1, 0.15) is 5.75 Å². The molecule has 1 saturated carbocycles. The Morgan fingerprint density at radius 2 is 1.74 bits per heavy atom.